The second kappa shape index (κ2) is 6.75. The summed E-state index contributed by atoms with van der Waals surface area (Å²) in [5, 5.41) is 7.60. The third kappa shape index (κ3) is 3.54. The molecule has 1 atom stereocenters. The van der Waals surface area contributed by atoms with Gasteiger partial charge in [0, 0.05) is 12.5 Å². The van der Waals surface area contributed by atoms with E-state index in [9.17, 15) is 9.59 Å². The highest BCUT2D eigenvalue weighted by Gasteiger charge is 2.18. The number of ketones is 1. The van der Waals surface area contributed by atoms with Crippen molar-refractivity contribution < 1.29 is 9.59 Å². The highest BCUT2D eigenvalue weighted by atomic mass is 35.5. The maximum atomic E-state index is 12.3. The maximum Gasteiger partial charge on any atom is 0.254 e. The van der Waals surface area contributed by atoms with E-state index in [4.69, 9.17) is 11.6 Å². The summed E-state index contributed by atoms with van der Waals surface area (Å²) in [7, 11) is 0. The lowest BCUT2D eigenvalue weighted by Gasteiger charge is -2.12. The predicted octanol–water partition coefficient (Wildman–Crippen LogP) is 2.93. The monoisotopic (exact) mass is 319 g/mol. The van der Waals surface area contributed by atoms with Gasteiger partial charge in [-0.2, -0.15) is 5.10 Å². The normalized spacial score (nSPS) is 12.0. The molecule has 1 heterocycles. The molecule has 0 bridgehead atoms. The molecule has 0 spiro atoms. The lowest BCUT2D eigenvalue weighted by Crippen LogP contribution is -2.34. The Morgan fingerprint density at radius 2 is 2.05 bits per heavy atom. The summed E-state index contributed by atoms with van der Waals surface area (Å²) < 4.78 is 1.63. The fourth-order valence-electron chi connectivity index (χ4n) is 2.28. The molecule has 0 aliphatic rings. The first-order valence-electron chi connectivity index (χ1n) is 7.00. The van der Waals surface area contributed by atoms with Crippen LogP contribution in [0.3, 0.4) is 0 Å². The first-order chi connectivity index (χ1) is 10.4. The molecule has 0 radical (unpaired) electrons. The number of para-hydroxylation sites is 1. The van der Waals surface area contributed by atoms with Gasteiger partial charge in [0.15, 0.2) is 0 Å². The van der Waals surface area contributed by atoms with E-state index in [1.165, 1.54) is 13.1 Å². The van der Waals surface area contributed by atoms with Crippen molar-refractivity contribution in [3.8, 4) is 5.69 Å². The zero-order chi connectivity index (χ0) is 16.3. The van der Waals surface area contributed by atoms with E-state index in [0.717, 1.165) is 5.69 Å². The van der Waals surface area contributed by atoms with Crippen molar-refractivity contribution in [1.82, 2.24) is 15.1 Å². The number of halogens is 1. The van der Waals surface area contributed by atoms with Crippen LogP contribution in [-0.4, -0.2) is 27.5 Å². The molecule has 0 saturated heterocycles. The molecule has 1 aromatic heterocycles. The molecule has 1 amide bonds. The number of carbonyl (C=O) groups is 2. The summed E-state index contributed by atoms with van der Waals surface area (Å²) in [5.41, 5.74) is 1.88. The minimum atomic E-state index is -0.246. The lowest BCUT2D eigenvalue weighted by molar-refractivity contribution is -0.117. The van der Waals surface area contributed by atoms with Gasteiger partial charge < -0.3 is 5.32 Å². The number of Topliss-reactive ketones (excluding diaryl/α,β-unsaturated/α-hetero) is 1. The Bertz CT molecular complexity index is 709. The molecule has 0 aliphatic carbocycles. The Kier molecular flexibility index (Phi) is 4.98. The molecule has 0 aliphatic heterocycles. The fraction of sp³-hybridized carbons (Fsp3) is 0.312. The number of benzene rings is 1. The molecule has 5 nitrogen and oxygen atoms in total. The van der Waals surface area contributed by atoms with E-state index in [0.29, 0.717) is 22.7 Å². The lowest BCUT2D eigenvalue weighted by atomic mass is 10.1. The van der Waals surface area contributed by atoms with Crippen LogP contribution in [0.1, 0.15) is 36.3 Å². The molecule has 2 rings (SSSR count). The van der Waals surface area contributed by atoms with Crippen molar-refractivity contribution in [2.45, 2.75) is 33.2 Å². The molecule has 1 N–H and O–H groups in total. The van der Waals surface area contributed by atoms with Gasteiger partial charge in [0.2, 0.25) is 0 Å². The molecule has 116 valence electrons. The zero-order valence-electron chi connectivity index (χ0n) is 12.8. The molecule has 2 aromatic rings. The zero-order valence-corrected chi connectivity index (χ0v) is 13.5. The summed E-state index contributed by atoms with van der Waals surface area (Å²) in [6, 6.07) is 7.08. The number of aromatic nitrogens is 2. The molecule has 1 aromatic carbocycles. The van der Waals surface area contributed by atoms with Crippen molar-refractivity contribution in [2.75, 3.05) is 0 Å². The van der Waals surface area contributed by atoms with Crippen LogP contribution in [0.25, 0.3) is 5.69 Å². The van der Waals surface area contributed by atoms with Crippen LogP contribution in [0.2, 0.25) is 5.02 Å². The number of nitrogens with zero attached hydrogens (tertiary/aromatic N) is 2. The Hall–Kier alpha value is -2.14. The first-order valence-corrected chi connectivity index (χ1v) is 7.37. The molecular weight excluding hydrogens is 302 g/mol. The quantitative estimate of drug-likeness (QED) is 0.921. The van der Waals surface area contributed by atoms with Gasteiger partial charge in [-0.25, -0.2) is 4.68 Å². The van der Waals surface area contributed by atoms with Gasteiger partial charge in [-0.05, 0) is 32.9 Å². The van der Waals surface area contributed by atoms with Crippen LogP contribution in [0, 0.1) is 6.92 Å². The average molecular weight is 320 g/mol. The first kappa shape index (κ1) is 16.2. The second-order valence-electron chi connectivity index (χ2n) is 5.29. The van der Waals surface area contributed by atoms with E-state index in [1.807, 2.05) is 18.2 Å². The minimum absolute atomic E-state index is 0.0382. The van der Waals surface area contributed by atoms with E-state index in [-0.39, 0.29) is 17.7 Å². The number of hydrogen-bond donors (Lipinski definition) is 1. The van der Waals surface area contributed by atoms with Gasteiger partial charge in [0.1, 0.15) is 5.78 Å². The van der Waals surface area contributed by atoms with Crippen LogP contribution in [0.5, 0.6) is 0 Å². The summed E-state index contributed by atoms with van der Waals surface area (Å²) in [6.45, 7) is 5.11. The fourth-order valence-corrected chi connectivity index (χ4v) is 2.50. The molecule has 0 saturated carbocycles. The van der Waals surface area contributed by atoms with Crippen LogP contribution >= 0.6 is 11.6 Å². The van der Waals surface area contributed by atoms with Gasteiger partial charge in [0.05, 0.1) is 28.2 Å². The van der Waals surface area contributed by atoms with E-state index < -0.39 is 0 Å². The molecular formula is C16H18ClN3O2. The summed E-state index contributed by atoms with van der Waals surface area (Å²) in [4.78, 5) is 23.4. The third-order valence-electron chi connectivity index (χ3n) is 3.31. The number of carbonyl (C=O) groups excluding carboxylic acids is 2. The van der Waals surface area contributed by atoms with Gasteiger partial charge in [-0.1, -0.05) is 23.7 Å². The van der Waals surface area contributed by atoms with Crippen LogP contribution in [-0.2, 0) is 4.79 Å². The van der Waals surface area contributed by atoms with E-state index >= 15 is 0 Å². The predicted molar refractivity (Wildman–Crippen MR) is 85.5 cm³/mol. The highest BCUT2D eigenvalue weighted by molar-refractivity contribution is 6.32. The SMILES string of the molecule is CC(=O)C[C@H](C)NC(=O)c1cnn(-c2ccccc2Cl)c1C. The molecule has 0 unspecified atom stereocenters. The third-order valence-corrected chi connectivity index (χ3v) is 3.63. The van der Waals surface area contributed by atoms with Crippen molar-refractivity contribution >= 4 is 23.3 Å². The van der Waals surface area contributed by atoms with Crippen LogP contribution < -0.4 is 5.32 Å². The van der Waals surface area contributed by atoms with E-state index in [1.54, 1.807) is 24.6 Å². The molecule has 0 fully saturated rings. The van der Waals surface area contributed by atoms with Crippen molar-refractivity contribution in [2.24, 2.45) is 0 Å². The number of amides is 1. The number of hydrogen-bond acceptors (Lipinski definition) is 3. The largest absolute Gasteiger partial charge is 0.349 e. The van der Waals surface area contributed by atoms with Gasteiger partial charge >= 0.3 is 0 Å². The Morgan fingerprint density at radius 3 is 2.68 bits per heavy atom. The topological polar surface area (TPSA) is 64.0 Å². The van der Waals surface area contributed by atoms with E-state index in [2.05, 4.69) is 10.4 Å². The Morgan fingerprint density at radius 1 is 1.36 bits per heavy atom. The summed E-state index contributed by atoms with van der Waals surface area (Å²) >= 11 is 6.16. The van der Waals surface area contributed by atoms with Gasteiger partial charge in [-0.3, -0.25) is 9.59 Å². The second-order valence-corrected chi connectivity index (χ2v) is 5.69. The summed E-state index contributed by atoms with van der Waals surface area (Å²) in [5.74, 6) is -0.208. The average Bonchev–Trinajstić information content (AvgIpc) is 2.80. The summed E-state index contributed by atoms with van der Waals surface area (Å²) in [6.07, 6.45) is 1.82. The van der Waals surface area contributed by atoms with Gasteiger partial charge in [-0.15, -0.1) is 0 Å². The maximum absolute atomic E-state index is 12.3. The van der Waals surface area contributed by atoms with Crippen molar-refractivity contribution in [3.05, 3.63) is 46.7 Å². The van der Waals surface area contributed by atoms with Gasteiger partial charge in [0.25, 0.3) is 5.91 Å². The standard InChI is InChI=1S/C16H18ClN3O2/c1-10(8-11(2)21)19-16(22)13-9-18-20(12(13)3)15-7-5-4-6-14(15)17/h4-7,9-10H,8H2,1-3H3,(H,19,22)/t10-/m0/s1. The highest BCUT2D eigenvalue weighted by Crippen LogP contribution is 2.22. The Balaban J connectivity index is 2.23. The minimum Gasteiger partial charge on any atom is -0.349 e. The van der Waals surface area contributed by atoms with Crippen molar-refractivity contribution in [1.29, 1.82) is 0 Å². The molecule has 22 heavy (non-hydrogen) atoms. The smallest absolute Gasteiger partial charge is 0.254 e. The Labute approximate surface area is 134 Å². The van der Waals surface area contributed by atoms with Crippen molar-refractivity contribution in [3.63, 3.8) is 0 Å². The van der Waals surface area contributed by atoms with Crippen LogP contribution in [0.15, 0.2) is 30.5 Å². The number of rotatable bonds is 5. The van der Waals surface area contributed by atoms with Crippen LogP contribution in [0.4, 0.5) is 0 Å². The number of nitrogens with one attached hydrogen (secondary N) is 1. The molecule has 6 heteroatoms.